The van der Waals surface area contributed by atoms with Crippen molar-refractivity contribution >= 4 is 0 Å². The molecule has 0 spiro atoms. The van der Waals surface area contributed by atoms with Crippen molar-refractivity contribution in [2.45, 2.75) is 37.1 Å². The highest BCUT2D eigenvalue weighted by Crippen LogP contribution is 2.34. The van der Waals surface area contributed by atoms with Crippen LogP contribution in [0.15, 0.2) is 84.9 Å². The van der Waals surface area contributed by atoms with Crippen molar-refractivity contribution in [2.75, 3.05) is 13.7 Å². The van der Waals surface area contributed by atoms with Gasteiger partial charge in [0, 0.05) is 18.5 Å². The Morgan fingerprint density at radius 1 is 0.933 bits per heavy atom. The molecule has 1 heterocycles. The predicted molar refractivity (Wildman–Crippen MR) is 119 cm³/mol. The summed E-state index contributed by atoms with van der Waals surface area (Å²) >= 11 is 0. The van der Waals surface area contributed by atoms with E-state index in [1.807, 2.05) is 36.4 Å². The summed E-state index contributed by atoms with van der Waals surface area (Å²) in [7, 11) is 1.67. The molecule has 0 bridgehead atoms. The van der Waals surface area contributed by atoms with E-state index in [1.54, 1.807) is 7.11 Å². The van der Waals surface area contributed by atoms with Crippen molar-refractivity contribution in [1.82, 2.24) is 5.32 Å². The van der Waals surface area contributed by atoms with Crippen LogP contribution in [0.4, 0.5) is 0 Å². The highest BCUT2D eigenvalue weighted by molar-refractivity contribution is 5.34. The van der Waals surface area contributed by atoms with Gasteiger partial charge in [-0.05, 0) is 35.2 Å². The first-order valence-corrected chi connectivity index (χ1v) is 10.5. The van der Waals surface area contributed by atoms with E-state index in [0.29, 0.717) is 13.2 Å². The van der Waals surface area contributed by atoms with E-state index in [4.69, 9.17) is 9.47 Å². The number of benzene rings is 3. The molecule has 4 heteroatoms. The molecule has 0 aromatic heterocycles. The van der Waals surface area contributed by atoms with Crippen LogP contribution >= 0.6 is 0 Å². The van der Waals surface area contributed by atoms with Crippen LogP contribution in [0.25, 0.3) is 0 Å². The van der Waals surface area contributed by atoms with Gasteiger partial charge in [0.25, 0.3) is 0 Å². The lowest BCUT2D eigenvalue weighted by Gasteiger charge is -2.38. The number of aliphatic hydroxyl groups excluding tert-OH is 1. The normalized spacial score (nSPS) is 21.5. The Hall–Kier alpha value is -2.66. The second-order valence-electron chi connectivity index (χ2n) is 7.81. The minimum atomic E-state index is -0.522. The first kappa shape index (κ1) is 20.6. The Morgan fingerprint density at radius 2 is 1.53 bits per heavy atom. The van der Waals surface area contributed by atoms with E-state index in [-0.39, 0.29) is 18.1 Å². The van der Waals surface area contributed by atoms with Gasteiger partial charge in [-0.1, -0.05) is 72.8 Å². The molecule has 1 aliphatic rings. The fourth-order valence-electron chi connectivity index (χ4n) is 4.20. The zero-order valence-corrected chi connectivity index (χ0v) is 17.3. The molecule has 30 heavy (non-hydrogen) atoms. The van der Waals surface area contributed by atoms with Gasteiger partial charge >= 0.3 is 0 Å². The third kappa shape index (κ3) is 4.90. The van der Waals surface area contributed by atoms with Gasteiger partial charge < -0.3 is 19.9 Å². The Morgan fingerprint density at radius 3 is 2.10 bits per heavy atom. The van der Waals surface area contributed by atoms with Crippen molar-refractivity contribution < 1.29 is 14.6 Å². The highest BCUT2D eigenvalue weighted by atomic mass is 16.5. The van der Waals surface area contributed by atoms with Crippen LogP contribution in [0.1, 0.15) is 29.0 Å². The summed E-state index contributed by atoms with van der Waals surface area (Å²) in [6, 6.07) is 29.0. The van der Waals surface area contributed by atoms with Gasteiger partial charge in [-0.2, -0.15) is 0 Å². The summed E-state index contributed by atoms with van der Waals surface area (Å²) in [5.41, 5.74) is 3.63. The maximum atomic E-state index is 10.6. The van der Waals surface area contributed by atoms with Gasteiger partial charge in [0.1, 0.15) is 5.75 Å². The summed E-state index contributed by atoms with van der Waals surface area (Å²) < 4.78 is 11.4. The van der Waals surface area contributed by atoms with E-state index in [2.05, 4.69) is 53.8 Å². The maximum Gasteiger partial charge on any atom is 0.118 e. The predicted octanol–water partition coefficient (Wildman–Crippen LogP) is 4.14. The SMILES string of the molecule is COc1ccc(CN[C@@H]2C[C@@H](C(c3ccccc3)c3ccccc3)OC[C@H]2O)cc1. The van der Waals surface area contributed by atoms with E-state index >= 15 is 0 Å². The number of aliphatic hydroxyl groups is 1. The van der Waals surface area contributed by atoms with Gasteiger partial charge in [0.05, 0.1) is 25.9 Å². The number of methoxy groups -OCH3 is 1. The molecule has 0 radical (unpaired) electrons. The quantitative estimate of drug-likeness (QED) is 0.623. The van der Waals surface area contributed by atoms with E-state index in [9.17, 15) is 5.11 Å². The number of nitrogens with one attached hydrogen (secondary N) is 1. The highest BCUT2D eigenvalue weighted by Gasteiger charge is 2.35. The second-order valence-corrected chi connectivity index (χ2v) is 7.81. The van der Waals surface area contributed by atoms with Crippen LogP contribution in [0.5, 0.6) is 5.75 Å². The lowest BCUT2D eigenvalue weighted by Crippen LogP contribution is -2.50. The minimum absolute atomic E-state index is 0.00781. The van der Waals surface area contributed by atoms with Gasteiger partial charge in [0.15, 0.2) is 0 Å². The summed E-state index contributed by atoms with van der Waals surface area (Å²) in [6.45, 7) is 1.03. The topological polar surface area (TPSA) is 50.7 Å². The molecule has 1 fully saturated rings. The van der Waals surface area contributed by atoms with Crippen LogP contribution in [-0.4, -0.2) is 37.1 Å². The molecule has 0 unspecified atom stereocenters. The summed E-state index contributed by atoms with van der Waals surface area (Å²) in [5, 5.41) is 14.1. The number of hydrogen-bond donors (Lipinski definition) is 2. The lowest BCUT2D eigenvalue weighted by atomic mass is 9.82. The van der Waals surface area contributed by atoms with Crippen LogP contribution in [0.2, 0.25) is 0 Å². The molecule has 1 saturated heterocycles. The standard InChI is InChI=1S/C26H29NO3/c1-29-22-14-12-19(13-15-22)17-27-23-16-25(30-18-24(23)28)26(20-8-4-2-5-9-20)21-10-6-3-7-11-21/h2-15,23-28H,16-18H2,1H3/t23-,24-,25+/m1/s1. The average molecular weight is 404 g/mol. The smallest absolute Gasteiger partial charge is 0.118 e. The van der Waals surface area contributed by atoms with Crippen molar-refractivity contribution in [3.63, 3.8) is 0 Å². The lowest BCUT2D eigenvalue weighted by molar-refractivity contribution is -0.0791. The van der Waals surface area contributed by atoms with Gasteiger partial charge in [-0.3, -0.25) is 0 Å². The van der Waals surface area contributed by atoms with Crippen LogP contribution in [0, 0.1) is 0 Å². The molecule has 0 amide bonds. The third-order valence-electron chi connectivity index (χ3n) is 5.85. The molecule has 1 aliphatic heterocycles. The van der Waals surface area contributed by atoms with Crippen LogP contribution < -0.4 is 10.1 Å². The van der Waals surface area contributed by atoms with Crippen LogP contribution in [0.3, 0.4) is 0 Å². The average Bonchev–Trinajstić information content (AvgIpc) is 2.81. The summed E-state index contributed by atoms with van der Waals surface area (Å²) in [6.07, 6.45) is 0.212. The fraction of sp³-hybridized carbons (Fsp3) is 0.308. The summed E-state index contributed by atoms with van der Waals surface area (Å²) in [4.78, 5) is 0. The molecular weight excluding hydrogens is 374 g/mol. The van der Waals surface area contributed by atoms with Gasteiger partial charge in [-0.25, -0.2) is 0 Å². The molecule has 0 saturated carbocycles. The molecular formula is C26H29NO3. The third-order valence-corrected chi connectivity index (χ3v) is 5.85. The molecule has 156 valence electrons. The Bertz CT molecular complexity index is 859. The van der Waals surface area contributed by atoms with Crippen molar-refractivity contribution in [3.8, 4) is 5.75 Å². The van der Waals surface area contributed by atoms with E-state index < -0.39 is 6.10 Å². The largest absolute Gasteiger partial charge is 0.497 e. The molecule has 2 N–H and O–H groups in total. The van der Waals surface area contributed by atoms with E-state index in [1.165, 1.54) is 11.1 Å². The van der Waals surface area contributed by atoms with Crippen molar-refractivity contribution in [1.29, 1.82) is 0 Å². The zero-order valence-electron chi connectivity index (χ0n) is 17.3. The molecule has 4 nitrogen and oxygen atoms in total. The maximum absolute atomic E-state index is 10.6. The second kappa shape index (κ2) is 9.90. The summed E-state index contributed by atoms with van der Waals surface area (Å²) in [5.74, 6) is 0.976. The molecule has 3 atom stereocenters. The van der Waals surface area contributed by atoms with Gasteiger partial charge in [-0.15, -0.1) is 0 Å². The zero-order chi connectivity index (χ0) is 20.8. The minimum Gasteiger partial charge on any atom is -0.497 e. The first-order valence-electron chi connectivity index (χ1n) is 10.5. The molecule has 4 rings (SSSR count). The number of hydrogen-bond acceptors (Lipinski definition) is 4. The monoisotopic (exact) mass is 403 g/mol. The van der Waals surface area contributed by atoms with E-state index in [0.717, 1.165) is 17.7 Å². The molecule has 0 aliphatic carbocycles. The molecule has 3 aromatic carbocycles. The Labute approximate surface area is 178 Å². The fourth-order valence-corrected chi connectivity index (χ4v) is 4.20. The molecule has 3 aromatic rings. The number of ether oxygens (including phenoxy) is 2. The first-order chi connectivity index (χ1) is 14.7. The Balaban J connectivity index is 1.49. The Kier molecular flexibility index (Phi) is 6.80. The van der Waals surface area contributed by atoms with Crippen LogP contribution in [-0.2, 0) is 11.3 Å². The van der Waals surface area contributed by atoms with Crippen molar-refractivity contribution in [3.05, 3.63) is 102 Å². The van der Waals surface area contributed by atoms with Gasteiger partial charge in [0.2, 0.25) is 0 Å². The van der Waals surface area contributed by atoms with Crippen molar-refractivity contribution in [2.24, 2.45) is 0 Å². The number of rotatable bonds is 7.